The van der Waals surface area contributed by atoms with Crippen LogP contribution in [0.25, 0.3) is 22.2 Å². The van der Waals surface area contributed by atoms with Gasteiger partial charge in [-0.25, -0.2) is 9.97 Å². The molecule has 0 radical (unpaired) electrons. The van der Waals surface area contributed by atoms with E-state index in [1.165, 1.54) is 23.9 Å². The topological polar surface area (TPSA) is 79.9 Å². The van der Waals surface area contributed by atoms with Gasteiger partial charge in [0.15, 0.2) is 0 Å². The number of fused-ring (bicyclic) bond motifs is 1. The molecule has 0 spiro atoms. The number of aromatic amines is 1. The first-order valence-corrected chi connectivity index (χ1v) is 12.5. The van der Waals surface area contributed by atoms with Gasteiger partial charge in [0.05, 0.1) is 18.4 Å². The molecule has 0 unspecified atom stereocenters. The molecule has 0 aliphatic carbocycles. The van der Waals surface area contributed by atoms with E-state index in [1.54, 1.807) is 25.4 Å². The molecule has 3 aromatic carbocycles. The third kappa shape index (κ3) is 5.81. The van der Waals surface area contributed by atoms with Crippen LogP contribution < -0.4 is 15.6 Å². The molecule has 38 heavy (non-hydrogen) atoms. The summed E-state index contributed by atoms with van der Waals surface area (Å²) in [6.45, 7) is 0. The second kappa shape index (κ2) is 10.6. The highest BCUT2D eigenvalue weighted by atomic mass is 32.2. The van der Waals surface area contributed by atoms with Crippen molar-refractivity contribution in [3.05, 3.63) is 107 Å². The number of pyridine rings is 1. The second-order valence-electron chi connectivity index (χ2n) is 8.36. The van der Waals surface area contributed by atoms with Crippen molar-refractivity contribution < 1.29 is 17.9 Å². The Morgan fingerprint density at radius 3 is 2.45 bits per heavy atom. The fraction of sp³-hybridized carbons (Fsp3) is 0.107. The SMILES string of the molecule is COc1ccc2[nH]c(=O)c(CSc3ccc(Nc4nccc(-c5ccc(C(F)(F)F)cc5)n4)cc3)cc2c1. The van der Waals surface area contributed by atoms with Crippen LogP contribution in [0.3, 0.4) is 0 Å². The first-order chi connectivity index (χ1) is 18.3. The molecule has 5 rings (SSSR count). The van der Waals surface area contributed by atoms with E-state index >= 15 is 0 Å². The van der Waals surface area contributed by atoms with Crippen molar-refractivity contribution in [1.29, 1.82) is 0 Å². The largest absolute Gasteiger partial charge is 0.497 e. The van der Waals surface area contributed by atoms with Crippen LogP contribution in [0.1, 0.15) is 11.1 Å². The number of H-pyrrole nitrogens is 1. The Hall–Kier alpha value is -4.31. The molecule has 2 N–H and O–H groups in total. The van der Waals surface area contributed by atoms with Gasteiger partial charge < -0.3 is 15.0 Å². The summed E-state index contributed by atoms with van der Waals surface area (Å²) in [4.78, 5) is 25.0. The molecule has 0 saturated carbocycles. The van der Waals surface area contributed by atoms with Crippen LogP contribution in [0, 0.1) is 0 Å². The number of nitrogens with zero attached hydrogens (tertiary/aromatic N) is 2. The Morgan fingerprint density at radius 1 is 0.974 bits per heavy atom. The normalized spacial score (nSPS) is 11.5. The molecule has 0 aliphatic rings. The standard InChI is InChI=1S/C28H21F3N4O2S/c1-37-22-8-11-24-18(15-22)14-19(26(36)34-24)16-38-23-9-6-21(7-10-23)33-27-32-13-12-25(35-27)17-2-4-20(5-3-17)28(29,30)31/h2-15H,16H2,1H3,(H,34,36)(H,32,33,35). The number of nitrogens with one attached hydrogen (secondary N) is 2. The summed E-state index contributed by atoms with van der Waals surface area (Å²) < 4.78 is 43.8. The van der Waals surface area contributed by atoms with Gasteiger partial charge in [-0.1, -0.05) is 12.1 Å². The molecule has 2 aromatic heterocycles. The quantitative estimate of drug-likeness (QED) is 0.218. The highest BCUT2D eigenvalue weighted by Crippen LogP contribution is 2.31. The van der Waals surface area contributed by atoms with Crippen LogP contribution in [0.2, 0.25) is 0 Å². The Labute approximate surface area is 219 Å². The zero-order valence-corrected chi connectivity index (χ0v) is 20.9. The lowest BCUT2D eigenvalue weighted by molar-refractivity contribution is -0.137. The monoisotopic (exact) mass is 534 g/mol. The average molecular weight is 535 g/mol. The minimum atomic E-state index is -4.39. The van der Waals surface area contributed by atoms with Gasteiger partial charge in [0.1, 0.15) is 5.75 Å². The number of rotatable bonds is 7. The molecular formula is C28H21F3N4O2S. The van der Waals surface area contributed by atoms with Crippen LogP contribution in [-0.4, -0.2) is 22.1 Å². The minimum Gasteiger partial charge on any atom is -0.497 e. The number of hydrogen-bond acceptors (Lipinski definition) is 6. The highest BCUT2D eigenvalue weighted by molar-refractivity contribution is 7.98. The molecule has 0 aliphatic heterocycles. The number of ether oxygens (including phenoxy) is 1. The van der Waals surface area contributed by atoms with Crippen LogP contribution in [0.5, 0.6) is 5.75 Å². The minimum absolute atomic E-state index is 0.126. The summed E-state index contributed by atoms with van der Waals surface area (Å²) in [7, 11) is 1.60. The van der Waals surface area contributed by atoms with E-state index < -0.39 is 11.7 Å². The smallest absolute Gasteiger partial charge is 0.416 e. The fourth-order valence-electron chi connectivity index (χ4n) is 3.80. The fourth-order valence-corrected chi connectivity index (χ4v) is 4.66. The number of hydrogen-bond donors (Lipinski definition) is 2. The number of alkyl halides is 3. The lowest BCUT2D eigenvalue weighted by Crippen LogP contribution is -2.11. The molecule has 10 heteroatoms. The van der Waals surface area contributed by atoms with Gasteiger partial charge in [-0.05, 0) is 66.7 Å². The molecule has 0 bridgehead atoms. The number of halogens is 3. The molecule has 0 fully saturated rings. The summed E-state index contributed by atoms with van der Waals surface area (Å²) in [5.74, 6) is 1.54. The van der Waals surface area contributed by atoms with Crippen molar-refractivity contribution in [3.63, 3.8) is 0 Å². The lowest BCUT2D eigenvalue weighted by atomic mass is 10.1. The molecule has 0 saturated heterocycles. The molecule has 5 aromatic rings. The lowest BCUT2D eigenvalue weighted by Gasteiger charge is -2.09. The van der Waals surface area contributed by atoms with Crippen LogP contribution in [0.15, 0.2) is 94.7 Å². The van der Waals surface area contributed by atoms with Gasteiger partial charge in [0.2, 0.25) is 5.95 Å². The number of methoxy groups -OCH3 is 1. The summed E-state index contributed by atoms with van der Waals surface area (Å²) in [5, 5.41) is 4.01. The van der Waals surface area contributed by atoms with E-state index in [1.807, 2.05) is 42.5 Å². The van der Waals surface area contributed by atoms with Crippen LogP contribution >= 0.6 is 11.8 Å². The van der Waals surface area contributed by atoms with E-state index in [4.69, 9.17) is 4.74 Å². The van der Waals surface area contributed by atoms with Crippen molar-refractivity contribution in [3.8, 4) is 17.0 Å². The number of aromatic nitrogens is 3. The van der Waals surface area contributed by atoms with E-state index in [0.29, 0.717) is 28.5 Å². The van der Waals surface area contributed by atoms with E-state index in [0.717, 1.165) is 39.4 Å². The van der Waals surface area contributed by atoms with Gasteiger partial charge in [-0.2, -0.15) is 13.2 Å². The third-order valence-electron chi connectivity index (χ3n) is 5.80. The van der Waals surface area contributed by atoms with Gasteiger partial charge >= 0.3 is 6.18 Å². The third-order valence-corrected chi connectivity index (χ3v) is 6.86. The van der Waals surface area contributed by atoms with E-state index in [2.05, 4.69) is 20.3 Å². The Morgan fingerprint density at radius 2 is 1.74 bits per heavy atom. The van der Waals surface area contributed by atoms with Crippen LogP contribution in [-0.2, 0) is 11.9 Å². The predicted octanol–water partition coefficient (Wildman–Crippen LogP) is 7.05. The maximum atomic E-state index is 12.8. The van der Waals surface area contributed by atoms with Crippen molar-refractivity contribution in [2.24, 2.45) is 0 Å². The van der Waals surface area contributed by atoms with Crippen LogP contribution in [0.4, 0.5) is 24.8 Å². The summed E-state index contributed by atoms with van der Waals surface area (Å²) in [6.07, 6.45) is -2.84. The first-order valence-electron chi connectivity index (χ1n) is 11.5. The predicted molar refractivity (Wildman–Crippen MR) is 143 cm³/mol. The molecule has 0 atom stereocenters. The second-order valence-corrected chi connectivity index (χ2v) is 9.40. The zero-order valence-electron chi connectivity index (χ0n) is 20.0. The Bertz CT molecular complexity index is 1640. The molecule has 0 amide bonds. The van der Waals surface area contributed by atoms with Crippen molar-refractivity contribution in [2.75, 3.05) is 12.4 Å². The molecule has 192 valence electrons. The maximum absolute atomic E-state index is 12.8. The Kier molecular flexibility index (Phi) is 7.06. The Balaban J connectivity index is 1.25. The van der Waals surface area contributed by atoms with Crippen molar-refractivity contribution >= 4 is 34.3 Å². The first kappa shape index (κ1) is 25.3. The van der Waals surface area contributed by atoms with E-state index in [9.17, 15) is 18.0 Å². The summed E-state index contributed by atoms with van der Waals surface area (Å²) >= 11 is 1.53. The number of thioether (sulfide) groups is 1. The van der Waals surface area contributed by atoms with E-state index in [-0.39, 0.29) is 5.56 Å². The van der Waals surface area contributed by atoms with Crippen molar-refractivity contribution in [2.45, 2.75) is 16.8 Å². The molecule has 6 nitrogen and oxygen atoms in total. The van der Waals surface area contributed by atoms with Gasteiger partial charge in [-0.15, -0.1) is 11.8 Å². The zero-order chi connectivity index (χ0) is 26.7. The van der Waals surface area contributed by atoms with Gasteiger partial charge in [-0.3, -0.25) is 4.79 Å². The average Bonchev–Trinajstić information content (AvgIpc) is 2.92. The molecule has 2 heterocycles. The van der Waals surface area contributed by atoms with Crippen molar-refractivity contribution in [1.82, 2.24) is 15.0 Å². The maximum Gasteiger partial charge on any atom is 0.416 e. The van der Waals surface area contributed by atoms with Gasteiger partial charge in [0.25, 0.3) is 5.56 Å². The highest BCUT2D eigenvalue weighted by Gasteiger charge is 2.30. The summed E-state index contributed by atoms with van der Waals surface area (Å²) in [6, 6.07) is 21.4. The number of benzene rings is 3. The van der Waals surface area contributed by atoms with Gasteiger partial charge in [0, 0.05) is 44.6 Å². The molecular weight excluding hydrogens is 513 g/mol. The number of anilines is 2. The summed E-state index contributed by atoms with van der Waals surface area (Å²) in [5.41, 5.74) is 2.38.